The fourth-order valence-electron chi connectivity index (χ4n) is 3.50. The Morgan fingerprint density at radius 1 is 1.33 bits per heavy atom. The van der Waals surface area contributed by atoms with Gasteiger partial charge in [0, 0.05) is 29.8 Å². The summed E-state index contributed by atoms with van der Waals surface area (Å²) in [5.74, 6) is -4.43. The number of H-pyrrole nitrogens is 1. The molecule has 1 aromatic carbocycles. The van der Waals surface area contributed by atoms with Gasteiger partial charge in [0.2, 0.25) is 5.91 Å². The number of hydrogen-bond acceptors (Lipinski definition) is 5. The highest BCUT2D eigenvalue weighted by atomic mass is 19.3. The molecule has 3 heterocycles. The zero-order valence-electron chi connectivity index (χ0n) is 15.6. The van der Waals surface area contributed by atoms with E-state index in [1.807, 2.05) is 24.3 Å². The number of nitrogens with one attached hydrogen (secondary N) is 2. The molecule has 1 aliphatic rings. The summed E-state index contributed by atoms with van der Waals surface area (Å²) in [6, 6.07) is 9.37. The van der Waals surface area contributed by atoms with Gasteiger partial charge in [0.25, 0.3) is 11.8 Å². The van der Waals surface area contributed by atoms with Crippen LogP contribution in [0.1, 0.15) is 16.8 Å². The number of nitriles is 1. The van der Waals surface area contributed by atoms with Gasteiger partial charge in [-0.1, -0.05) is 18.2 Å². The van der Waals surface area contributed by atoms with Crippen LogP contribution in [0.5, 0.6) is 0 Å². The minimum atomic E-state index is -3.11. The summed E-state index contributed by atoms with van der Waals surface area (Å²) in [5, 5.41) is 19.4. The van der Waals surface area contributed by atoms with E-state index in [9.17, 15) is 18.4 Å². The molecule has 0 saturated carbocycles. The van der Waals surface area contributed by atoms with Crippen molar-refractivity contribution in [2.75, 3.05) is 13.1 Å². The van der Waals surface area contributed by atoms with Crippen LogP contribution in [0.3, 0.4) is 0 Å². The number of alkyl halides is 2. The minimum Gasteiger partial charge on any atom is -0.343 e. The van der Waals surface area contributed by atoms with Crippen molar-refractivity contribution in [3.05, 3.63) is 48.3 Å². The second kappa shape index (κ2) is 7.51. The van der Waals surface area contributed by atoms with Crippen LogP contribution < -0.4 is 5.32 Å². The molecule has 10 heteroatoms. The molecule has 0 radical (unpaired) electrons. The highest BCUT2D eigenvalue weighted by Gasteiger charge is 2.47. The van der Waals surface area contributed by atoms with E-state index in [0.29, 0.717) is 11.3 Å². The van der Waals surface area contributed by atoms with E-state index >= 15 is 0 Å². The van der Waals surface area contributed by atoms with Crippen molar-refractivity contribution in [3.63, 3.8) is 0 Å². The van der Waals surface area contributed by atoms with Crippen LogP contribution in [0.25, 0.3) is 22.2 Å². The maximum Gasteiger partial charge on any atom is 0.268 e. The molecule has 30 heavy (non-hydrogen) atoms. The zero-order valence-corrected chi connectivity index (χ0v) is 15.6. The molecular formula is C20H16F2N6O2. The van der Waals surface area contributed by atoms with Crippen molar-refractivity contribution in [1.82, 2.24) is 25.4 Å². The van der Waals surface area contributed by atoms with Crippen molar-refractivity contribution < 1.29 is 18.4 Å². The first kappa shape index (κ1) is 19.4. The fourth-order valence-corrected chi connectivity index (χ4v) is 3.50. The largest absolute Gasteiger partial charge is 0.343 e. The first-order valence-corrected chi connectivity index (χ1v) is 9.12. The first-order valence-electron chi connectivity index (χ1n) is 9.12. The van der Waals surface area contributed by atoms with E-state index in [1.165, 1.54) is 18.5 Å². The normalized spacial score (nSPS) is 17.6. The Morgan fingerprint density at radius 2 is 2.13 bits per heavy atom. The number of fused-ring (bicyclic) bond motifs is 1. The topological polar surface area (TPSA) is 115 Å². The number of likely N-dealkylation sites (tertiary alicyclic amines) is 1. The lowest BCUT2D eigenvalue weighted by Gasteiger charge is -2.19. The van der Waals surface area contributed by atoms with Crippen LogP contribution in [0.4, 0.5) is 8.78 Å². The smallest absolute Gasteiger partial charge is 0.268 e. The third-order valence-electron chi connectivity index (χ3n) is 4.93. The van der Waals surface area contributed by atoms with Gasteiger partial charge >= 0.3 is 0 Å². The molecule has 0 unspecified atom stereocenters. The second-order valence-electron chi connectivity index (χ2n) is 6.95. The number of aromatic amines is 1. The lowest BCUT2D eigenvalue weighted by Crippen LogP contribution is -2.43. The predicted octanol–water partition coefficient (Wildman–Crippen LogP) is 2.11. The number of pyridine rings is 1. The summed E-state index contributed by atoms with van der Waals surface area (Å²) in [5.41, 5.74) is 2.01. The van der Waals surface area contributed by atoms with Crippen LogP contribution in [0, 0.1) is 11.3 Å². The van der Waals surface area contributed by atoms with Crippen LogP contribution in [-0.2, 0) is 4.79 Å². The number of rotatable bonds is 4. The number of hydrogen-bond donors (Lipinski definition) is 2. The number of nitrogens with zero attached hydrogens (tertiary/aromatic N) is 4. The molecule has 0 spiro atoms. The minimum absolute atomic E-state index is 0.235. The Bertz CT molecular complexity index is 1170. The van der Waals surface area contributed by atoms with Gasteiger partial charge in [-0.25, -0.2) is 8.78 Å². The lowest BCUT2D eigenvalue weighted by atomic mass is 10.0. The molecule has 0 aliphatic carbocycles. The van der Waals surface area contributed by atoms with Crippen molar-refractivity contribution >= 4 is 22.7 Å². The van der Waals surface area contributed by atoms with E-state index < -0.39 is 43.3 Å². The van der Waals surface area contributed by atoms with Gasteiger partial charge in [-0.05, 0) is 12.1 Å². The Hall–Kier alpha value is -3.87. The number of aromatic nitrogens is 3. The van der Waals surface area contributed by atoms with Crippen molar-refractivity contribution in [2.24, 2.45) is 0 Å². The summed E-state index contributed by atoms with van der Waals surface area (Å²) in [6.45, 7) is -1.34. The zero-order chi connectivity index (χ0) is 21.3. The Balaban J connectivity index is 1.53. The van der Waals surface area contributed by atoms with E-state index in [2.05, 4.69) is 20.5 Å². The molecule has 1 saturated heterocycles. The van der Waals surface area contributed by atoms with Gasteiger partial charge in [-0.15, -0.1) is 0 Å². The Labute approximate surface area is 169 Å². The van der Waals surface area contributed by atoms with E-state index in [-0.39, 0.29) is 5.56 Å². The molecule has 1 aliphatic heterocycles. The maximum absolute atomic E-state index is 13.5. The summed E-state index contributed by atoms with van der Waals surface area (Å²) < 4.78 is 27.1. The van der Waals surface area contributed by atoms with E-state index in [1.54, 1.807) is 6.07 Å². The standard InChI is InChI=1S/C20H16F2N6O2/c21-20(22)7-12(8-23)28(11-20)17(29)10-25-19(30)13-5-6-24-9-15(13)18-14-3-1-2-4-16(14)26-27-18/h1-6,9,12H,7,10-11H2,(H,25,30)(H,26,27)/t12-/m0/s1. The fraction of sp³-hybridized carbons (Fsp3) is 0.250. The third-order valence-corrected chi connectivity index (χ3v) is 4.93. The average molecular weight is 410 g/mol. The molecule has 2 aromatic heterocycles. The van der Waals surface area contributed by atoms with Crippen LogP contribution in [0.2, 0.25) is 0 Å². The van der Waals surface area contributed by atoms with Crippen molar-refractivity contribution in [1.29, 1.82) is 5.26 Å². The van der Waals surface area contributed by atoms with Gasteiger partial charge in [-0.2, -0.15) is 10.4 Å². The number of amides is 2. The number of benzene rings is 1. The molecule has 2 amide bonds. The van der Waals surface area contributed by atoms with Crippen LogP contribution >= 0.6 is 0 Å². The van der Waals surface area contributed by atoms with Gasteiger partial charge in [0.1, 0.15) is 11.7 Å². The van der Waals surface area contributed by atoms with E-state index in [0.717, 1.165) is 15.8 Å². The van der Waals surface area contributed by atoms with Crippen LogP contribution in [0.15, 0.2) is 42.7 Å². The summed E-state index contributed by atoms with van der Waals surface area (Å²) in [4.78, 5) is 29.9. The average Bonchev–Trinajstić information content (AvgIpc) is 3.32. The quantitative estimate of drug-likeness (QED) is 0.684. The van der Waals surface area contributed by atoms with Crippen molar-refractivity contribution in [2.45, 2.75) is 18.4 Å². The van der Waals surface area contributed by atoms with Gasteiger partial charge in [0.05, 0.1) is 30.2 Å². The number of para-hydroxylation sites is 1. The SMILES string of the molecule is N#C[C@@H]1CC(F)(F)CN1C(=O)CNC(=O)c1ccncc1-c1n[nH]c2ccccc12. The highest BCUT2D eigenvalue weighted by Crippen LogP contribution is 2.32. The van der Waals surface area contributed by atoms with Gasteiger partial charge < -0.3 is 10.2 Å². The molecule has 152 valence electrons. The Kier molecular flexibility index (Phi) is 4.87. The van der Waals surface area contributed by atoms with E-state index in [4.69, 9.17) is 5.26 Å². The summed E-state index contributed by atoms with van der Waals surface area (Å²) in [6.07, 6.45) is 2.22. The number of carbonyl (C=O) groups is 2. The maximum atomic E-state index is 13.5. The number of carbonyl (C=O) groups excluding carboxylic acids is 2. The van der Waals surface area contributed by atoms with Gasteiger partial charge in [-0.3, -0.25) is 19.7 Å². The third kappa shape index (κ3) is 3.57. The molecule has 0 bridgehead atoms. The van der Waals surface area contributed by atoms with Crippen LogP contribution in [-0.4, -0.2) is 56.9 Å². The summed E-state index contributed by atoms with van der Waals surface area (Å²) in [7, 11) is 0. The molecule has 3 aromatic rings. The van der Waals surface area contributed by atoms with Gasteiger partial charge in [0.15, 0.2) is 0 Å². The molecule has 1 fully saturated rings. The predicted molar refractivity (Wildman–Crippen MR) is 102 cm³/mol. The second-order valence-corrected chi connectivity index (χ2v) is 6.95. The molecule has 8 nitrogen and oxygen atoms in total. The molecular weight excluding hydrogens is 394 g/mol. The number of halogens is 2. The summed E-state index contributed by atoms with van der Waals surface area (Å²) >= 11 is 0. The molecule has 4 rings (SSSR count). The highest BCUT2D eigenvalue weighted by molar-refractivity contribution is 6.05. The Morgan fingerprint density at radius 3 is 2.93 bits per heavy atom. The molecule has 2 N–H and O–H groups in total. The monoisotopic (exact) mass is 410 g/mol. The lowest BCUT2D eigenvalue weighted by molar-refractivity contribution is -0.131. The first-order chi connectivity index (χ1) is 14.4. The molecule has 1 atom stereocenters. The van der Waals surface area contributed by atoms with Crippen molar-refractivity contribution in [3.8, 4) is 17.3 Å².